The number of carbonyl (C=O) groups is 4. The number of ketones is 2. The van der Waals surface area contributed by atoms with Crippen molar-refractivity contribution in [2.45, 2.75) is 46.0 Å². The Labute approximate surface area is 191 Å². The van der Waals surface area contributed by atoms with Gasteiger partial charge in [0.25, 0.3) is 0 Å². The number of nitrogens with two attached hydrogens (primary N) is 1. The number of alkyl carbamates (subject to hydrolysis) is 1. The lowest BCUT2D eigenvalue weighted by atomic mass is 10.1. The van der Waals surface area contributed by atoms with Crippen molar-refractivity contribution < 1.29 is 38.1 Å². The SMILES string of the molecule is C.COCCOCCCCC(=O)CNC(=O)CCC(=O)CNC(=O)OCCOCCCN. The molecule has 11 heteroatoms. The largest absolute Gasteiger partial charge is 0.447 e. The molecule has 0 aromatic carbocycles. The number of amides is 2. The fourth-order valence-corrected chi connectivity index (χ4v) is 2.19. The molecule has 11 nitrogen and oxygen atoms in total. The summed E-state index contributed by atoms with van der Waals surface area (Å²) in [6, 6.07) is 0. The monoisotopic (exact) mass is 463 g/mol. The van der Waals surface area contributed by atoms with Gasteiger partial charge in [0.1, 0.15) is 6.61 Å². The maximum atomic E-state index is 11.7. The first-order chi connectivity index (χ1) is 15.0. The van der Waals surface area contributed by atoms with Gasteiger partial charge in [0.15, 0.2) is 11.6 Å². The second-order valence-corrected chi connectivity index (χ2v) is 6.66. The summed E-state index contributed by atoms with van der Waals surface area (Å²) in [4.78, 5) is 46.6. The van der Waals surface area contributed by atoms with Crippen molar-refractivity contribution in [1.82, 2.24) is 10.6 Å². The van der Waals surface area contributed by atoms with Crippen LogP contribution in [0.15, 0.2) is 0 Å². The molecule has 0 heterocycles. The smallest absolute Gasteiger partial charge is 0.407 e. The lowest BCUT2D eigenvalue weighted by molar-refractivity contribution is -0.127. The molecule has 0 aromatic rings. The number of hydrogen-bond donors (Lipinski definition) is 3. The van der Waals surface area contributed by atoms with E-state index in [9.17, 15) is 19.2 Å². The number of unbranched alkanes of at least 4 members (excludes halogenated alkanes) is 1. The van der Waals surface area contributed by atoms with Gasteiger partial charge in [-0.05, 0) is 25.8 Å². The summed E-state index contributed by atoms with van der Waals surface area (Å²) in [5.74, 6) is -0.777. The summed E-state index contributed by atoms with van der Waals surface area (Å²) in [5.41, 5.74) is 5.32. The van der Waals surface area contributed by atoms with E-state index in [2.05, 4.69) is 10.6 Å². The van der Waals surface area contributed by atoms with Gasteiger partial charge in [-0.25, -0.2) is 4.79 Å². The van der Waals surface area contributed by atoms with Gasteiger partial charge in [-0.1, -0.05) is 7.43 Å². The third kappa shape index (κ3) is 22.6. The summed E-state index contributed by atoms with van der Waals surface area (Å²) >= 11 is 0. The molecule has 0 bridgehead atoms. The Morgan fingerprint density at radius 3 is 2.03 bits per heavy atom. The van der Waals surface area contributed by atoms with Gasteiger partial charge < -0.3 is 35.3 Å². The van der Waals surface area contributed by atoms with Crippen LogP contribution in [-0.2, 0) is 33.3 Å². The molecule has 0 unspecified atom stereocenters. The molecular formula is C21H41N3O8. The minimum Gasteiger partial charge on any atom is -0.447 e. The molecule has 0 aliphatic rings. The highest BCUT2D eigenvalue weighted by Gasteiger charge is 2.10. The van der Waals surface area contributed by atoms with Crippen molar-refractivity contribution in [3.63, 3.8) is 0 Å². The van der Waals surface area contributed by atoms with Crippen molar-refractivity contribution in [2.24, 2.45) is 5.73 Å². The van der Waals surface area contributed by atoms with E-state index in [1.165, 1.54) is 0 Å². The van der Waals surface area contributed by atoms with E-state index >= 15 is 0 Å². The summed E-state index contributed by atoms with van der Waals surface area (Å²) in [6.07, 6.45) is 1.71. The highest BCUT2D eigenvalue weighted by molar-refractivity contribution is 5.89. The molecule has 0 radical (unpaired) electrons. The Bertz CT molecular complexity index is 517. The van der Waals surface area contributed by atoms with Gasteiger partial charge >= 0.3 is 6.09 Å². The number of rotatable bonds is 21. The zero-order valence-corrected chi connectivity index (χ0v) is 18.4. The van der Waals surface area contributed by atoms with E-state index in [4.69, 9.17) is 24.7 Å². The molecule has 0 aliphatic carbocycles. The van der Waals surface area contributed by atoms with Crippen molar-refractivity contribution in [1.29, 1.82) is 0 Å². The minimum atomic E-state index is -0.727. The first-order valence-corrected chi connectivity index (χ1v) is 10.5. The van der Waals surface area contributed by atoms with Gasteiger partial charge in [0.2, 0.25) is 5.91 Å². The first-order valence-electron chi connectivity index (χ1n) is 10.5. The second-order valence-electron chi connectivity index (χ2n) is 6.66. The van der Waals surface area contributed by atoms with Gasteiger partial charge in [-0.15, -0.1) is 0 Å². The van der Waals surface area contributed by atoms with Gasteiger partial charge in [0.05, 0.1) is 32.9 Å². The number of ether oxygens (including phenoxy) is 4. The van der Waals surface area contributed by atoms with Crippen LogP contribution in [0, 0.1) is 0 Å². The van der Waals surface area contributed by atoms with Crippen molar-refractivity contribution in [2.75, 3.05) is 66.4 Å². The van der Waals surface area contributed by atoms with Crippen molar-refractivity contribution in [3.05, 3.63) is 0 Å². The van der Waals surface area contributed by atoms with Crippen LogP contribution in [0.2, 0.25) is 0 Å². The Morgan fingerprint density at radius 1 is 0.719 bits per heavy atom. The third-order valence-corrected chi connectivity index (χ3v) is 3.92. The van der Waals surface area contributed by atoms with Crippen LogP contribution < -0.4 is 16.4 Å². The number of methoxy groups -OCH3 is 1. The van der Waals surface area contributed by atoms with E-state index in [1.807, 2.05) is 0 Å². The summed E-state index contributed by atoms with van der Waals surface area (Å²) in [7, 11) is 1.60. The Morgan fingerprint density at radius 2 is 1.34 bits per heavy atom. The maximum Gasteiger partial charge on any atom is 0.407 e. The van der Waals surface area contributed by atoms with E-state index in [0.717, 1.165) is 12.8 Å². The number of nitrogens with one attached hydrogen (secondary N) is 2. The Hall–Kier alpha value is -2.08. The predicted molar refractivity (Wildman–Crippen MR) is 119 cm³/mol. The molecule has 0 saturated heterocycles. The molecule has 188 valence electrons. The van der Waals surface area contributed by atoms with Crippen LogP contribution in [0.5, 0.6) is 0 Å². The number of hydrogen-bond acceptors (Lipinski definition) is 9. The third-order valence-electron chi connectivity index (χ3n) is 3.92. The zero-order chi connectivity index (χ0) is 23.2. The standard InChI is InChI=1S/C20H37N3O8.CH4/c1-28-11-12-29-9-3-2-5-17(24)15-22-19(26)7-6-18(25)16-23-20(27)31-14-13-30-10-4-8-21;/h2-16,21H2,1H3,(H,22,26)(H,23,27);1H4. The summed E-state index contributed by atoms with van der Waals surface area (Å²) < 4.78 is 20.2. The second kappa shape index (κ2) is 23.6. The average Bonchev–Trinajstić information content (AvgIpc) is 2.76. The zero-order valence-electron chi connectivity index (χ0n) is 18.4. The molecule has 2 amide bonds. The quantitative estimate of drug-likeness (QED) is 0.207. The highest BCUT2D eigenvalue weighted by Crippen LogP contribution is 1.98. The van der Waals surface area contributed by atoms with Crippen LogP contribution in [0.25, 0.3) is 0 Å². The summed E-state index contributed by atoms with van der Waals surface area (Å²) in [5, 5.41) is 4.81. The molecule has 0 rings (SSSR count). The van der Waals surface area contributed by atoms with E-state index < -0.39 is 6.09 Å². The lowest BCUT2D eigenvalue weighted by Crippen LogP contribution is -2.32. The van der Waals surface area contributed by atoms with Crippen LogP contribution >= 0.6 is 0 Å². The fourth-order valence-electron chi connectivity index (χ4n) is 2.19. The van der Waals surface area contributed by atoms with Gasteiger partial charge in [0, 0.05) is 39.6 Å². The van der Waals surface area contributed by atoms with Crippen LogP contribution in [-0.4, -0.2) is 90.0 Å². The topological polar surface area (TPSA) is 155 Å². The summed E-state index contributed by atoms with van der Waals surface area (Å²) in [6.45, 7) is 2.70. The maximum absolute atomic E-state index is 11.7. The molecule has 0 aliphatic heterocycles. The molecule has 32 heavy (non-hydrogen) atoms. The minimum absolute atomic E-state index is 0. The molecule has 0 saturated carbocycles. The molecule has 4 N–H and O–H groups in total. The Balaban J connectivity index is 0. The normalized spacial score (nSPS) is 10.2. The molecule has 0 fully saturated rings. The predicted octanol–water partition coefficient (Wildman–Crippen LogP) is 0.582. The van der Waals surface area contributed by atoms with Crippen LogP contribution in [0.1, 0.15) is 46.0 Å². The lowest BCUT2D eigenvalue weighted by Gasteiger charge is -2.07. The van der Waals surface area contributed by atoms with Crippen LogP contribution in [0.3, 0.4) is 0 Å². The van der Waals surface area contributed by atoms with Gasteiger partial charge in [-0.3, -0.25) is 14.4 Å². The Kier molecular flexibility index (Phi) is 23.7. The molecule has 0 spiro atoms. The fraction of sp³-hybridized carbons (Fsp3) is 0.810. The molecule has 0 aromatic heterocycles. The first kappa shape index (κ1) is 32.1. The van der Waals surface area contributed by atoms with Crippen molar-refractivity contribution >= 4 is 23.6 Å². The van der Waals surface area contributed by atoms with E-state index in [-0.39, 0.29) is 64.0 Å². The molecule has 0 atom stereocenters. The highest BCUT2D eigenvalue weighted by atomic mass is 16.6. The van der Waals surface area contributed by atoms with E-state index in [1.54, 1.807) is 7.11 Å². The number of carbonyl (C=O) groups excluding carboxylic acids is 4. The number of Topliss-reactive ketones (excluding diaryl/α,β-unsaturated/α-hetero) is 2. The van der Waals surface area contributed by atoms with Gasteiger partial charge in [-0.2, -0.15) is 0 Å². The van der Waals surface area contributed by atoms with Crippen LogP contribution in [0.4, 0.5) is 4.79 Å². The average molecular weight is 464 g/mol. The van der Waals surface area contributed by atoms with Crippen molar-refractivity contribution in [3.8, 4) is 0 Å². The van der Waals surface area contributed by atoms with E-state index in [0.29, 0.717) is 45.8 Å². The molecular weight excluding hydrogens is 422 g/mol.